The lowest BCUT2D eigenvalue weighted by atomic mass is 10.0. The van der Waals surface area contributed by atoms with Gasteiger partial charge in [-0.1, -0.05) is 84.4 Å². The van der Waals surface area contributed by atoms with Crippen LogP contribution in [0.15, 0.2) is 72.8 Å². The third-order valence-electron chi connectivity index (χ3n) is 3.56. The number of rotatable bonds is 3. The van der Waals surface area contributed by atoms with Crippen LogP contribution in [0.4, 0.5) is 0 Å². The summed E-state index contributed by atoms with van der Waals surface area (Å²) in [6.07, 6.45) is 5.45. The highest BCUT2D eigenvalue weighted by Gasteiger charge is 1.96. The van der Waals surface area contributed by atoms with Crippen LogP contribution in [0.3, 0.4) is 0 Å². The normalized spacial score (nSPS) is 11.2. The molecule has 0 heterocycles. The lowest BCUT2D eigenvalue weighted by molar-refractivity contribution is 1.26. The summed E-state index contributed by atoms with van der Waals surface area (Å²) >= 11 is 0. The van der Waals surface area contributed by atoms with E-state index in [1.165, 1.54) is 27.5 Å². The molecule has 0 N–H and O–H groups in total. The standard InChI is InChI=1S/C20H18/c1-16-7-4-8-17(15-16)9-5-11-19-13-6-12-18-10-2-3-14-20(18)19/h2-8,10-15H,9H2,1H3/b11-5+. The number of hydrogen-bond acceptors (Lipinski definition) is 0. The fourth-order valence-electron chi connectivity index (χ4n) is 2.56. The van der Waals surface area contributed by atoms with Crippen molar-refractivity contribution < 1.29 is 0 Å². The van der Waals surface area contributed by atoms with Gasteiger partial charge in [0.1, 0.15) is 0 Å². The number of aryl methyl sites for hydroxylation is 1. The molecule has 0 atom stereocenters. The Kier molecular flexibility index (Phi) is 3.64. The fourth-order valence-corrected chi connectivity index (χ4v) is 2.56. The first kappa shape index (κ1) is 12.7. The van der Waals surface area contributed by atoms with Gasteiger partial charge in [0.05, 0.1) is 0 Å². The second kappa shape index (κ2) is 5.75. The third kappa shape index (κ3) is 2.80. The monoisotopic (exact) mass is 258 g/mol. The summed E-state index contributed by atoms with van der Waals surface area (Å²) < 4.78 is 0. The zero-order valence-electron chi connectivity index (χ0n) is 11.7. The van der Waals surface area contributed by atoms with E-state index in [0.717, 1.165) is 6.42 Å². The van der Waals surface area contributed by atoms with Crippen molar-refractivity contribution in [3.05, 3.63) is 89.5 Å². The van der Waals surface area contributed by atoms with Gasteiger partial charge in [-0.3, -0.25) is 0 Å². The Morgan fingerprint density at radius 3 is 2.55 bits per heavy atom. The van der Waals surface area contributed by atoms with E-state index in [0.29, 0.717) is 0 Å². The minimum atomic E-state index is 0.977. The Bertz CT molecular complexity index is 745. The number of hydrogen-bond donors (Lipinski definition) is 0. The van der Waals surface area contributed by atoms with Gasteiger partial charge >= 0.3 is 0 Å². The molecule has 3 rings (SSSR count). The summed E-state index contributed by atoms with van der Waals surface area (Å²) in [4.78, 5) is 0. The topological polar surface area (TPSA) is 0 Å². The van der Waals surface area contributed by atoms with Gasteiger partial charge in [0.25, 0.3) is 0 Å². The number of allylic oxidation sites excluding steroid dienone is 1. The van der Waals surface area contributed by atoms with E-state index in [1.54, 1.807) is 0 Å². The second-order valence-corrected chi connectivity index (χ2v) is 5.16. The Labute approximate surface area is 120 Å². The van der Waals surface area contributed by atoms with Gasteiger partial charge in [0.2, 0.25) is 0 Å². The van der Waals surface area contributed by atoms with Gasteiger partial charge in [-0.15, -0.1) is 0 Å². The smallest absolute Gasteiger partial charge is 0.00940 e. The van der Waals surface area contributed by atoms with E-state index in [2.05, 4.69) is 85.8 Å². The SMILES string of the molecule is Cc1cccc(C/C=C/c2cccc3ccccc23)c1. The van der Waals surface area contributed by atoms with E-state index in [1.807, 2.05) is 0 Å². The summed E-state index contributed by atoms with van der Waals surface area (Å²) in [5.41, 5.74) is 3.97. The predicted molar refractivity (Wildman–Crippen MR) is 87.9 cm³/mol. The predicted octanol–water partition coefficient (Wildman–Crippen LogP) is 5.40. The van der Waals surface area contributed by atoms with Crippen molar-refractivity contribution in [1.29, 1.82) is 0 Å². The van der Waals surface area contributed by atoms with Crippen molar-refractivity contribution in [1.82, 2.24) is 0 Å². The second-order valence-electron chi connectivity index (χ2n) is 5.16. The molecular weight excluding hydrogens is 240 g/mol. The highest BCUT2D eigenvalue weighted by molar-refractivity contribution is 5.90. The van der Waals surface area contributed by atoms with Crippen molar-refractivity contribution in [2.75, 3.05) is 0 Å². The van der Waals surface area contributed by atoms with Crippen LogP contribution in [0.5, 0.6) is 0 Å². The Balaban J connectivity index is 1.84. The van der Waals surface area contributed by atoms with Crippen molar-refractivity contribution in [3.8, 4) is 0 Å². The molecule has 0 aliphatic carbocycles. The average molecular weight is 258 g/mol. The van der Waals surface area contributed by atoms with E-state index in [4.69, 9.17) is 0 Å². The van der Waals surface area contributed by atoms with Crippen molar-refractivity contribution in [2.45, 2.75) is 13.3 Å². The molecule has 0 heteroatoms. The fraction of sp³-hybridized carbons (Fsp3) is 0.100. The maximum absolute atomic E-state index is 2.25. The zero-order valence-corrected chi connectivity index (χ0v) is 11.7. The van der Waals surface area contributed by atoms with Crippen LogP contribution >= 0.6 is 0 Å². The molecule has 0 fully saturated rings. The van der Waals surface area contributed by atoms with E-state index < -0.39 is 0 Å². The van der Waals surface area contributed by atoms with Crippen LogP contribution in [0, 0.1) is 6.92 Å². The first-order valence-electron chi connectivity index (χ1n) is 7.03. The average Bonchev–Trinajstić information content (AvgIpc) is 2.48. The summed E-state index contributed by atoms with van der Waals surface area (Å²) in [5.74, 6) is 0. The minimum Gasteiger partial charge on any atom is -0.0795 e. The molecule has 0 bridgehead atoms. The molecule has 0 nitrogen and oxygen atoms in total. The molecule has 0 spiro atoms. The van der Waals surface area contributed by atoms with Gasteiger partial charge in [0, 0.05) is 0 Å². The van der Waals surface area contributed by atoms with Crippen molar-refractivity contribution in [2.24, 2.45) is 0 Å². The molecule has 0 radical (unpaired) electrons. The van der Waals surface area contributed by atoms with E-state index in [-0.39, 0.29) is 0 Å². The van der Waals surface area contributed by atoms with Crippen LogP contribution in [0.1, 0.15) is 16.7 Å². The summed E-state index contributed by atoms with van der Waals surface area (Å²) in [7, 11) is 0. The molecular formula is C20H18. The molecule has 98 valence electrons. The van der Waals surface area contributed by atoms with E-state index in [9.17, 15) is 0 Å². The lowest BCUT2D eigenvalue weighted by Crippen LogP contribution is -1.82. The van der Waals surface area contributed by atoms with Gasteiger partial charge in [-0.25, -0.2) is 0 Å². The maximum atomic E-state index is 2.25. The van der Waals surface area contributed by atoms with Gasteiger partial charge < -0.3 is 0 Å². The summed E-state index contributed by atoms with van der Waals surface area (Å²) in [6.45, 7) is 2.14. The maximum Gasteiger partial charge on any atom is -0.00940 e. The Morgan fingerprint density at radius 2 is 1.65 bits per heavy atom. The highest BCUT2D eigenvalue weighted by atomic mass is 14.0. The third-order valence-corrected chi connectivity index (χ3v) is 3.56. The molecule has 0 aromatic heterocycles. The van der Waals surface area contributed by atoms with Crippen LogP contribution in [-0.2, 0) is 6.42 Å². The van der Waals surface area contributed by atoms with Crippen LogP contribution in [0.2, 0.25) is 0 Å². The van der Waals surface area contributed by atoms with Crippen molar-refractivity contribution >= 4 is 16.8 Å². The molecule has 0 aliphatic rings. The van der Waals surface area contributed by atoms with E-state index >= 15 is 0 Å². The van der Waals surface area contributed by atoms with Crippen LogP contribution < -0.4 is 0 Å². The van der Waals surface area contributed by atoms with Gasteiger partial charge in [-0.2, -0.15) is 0 Å². The number of benzene rings is 3. The molecule has 0 aliphatic heterocycles. The van der Waals surface area contributed by atoms with Gasteiger partial charge in [0.15, 0.2) is 0 Å². The first-order valence-corrected chi connectivity index (χ1v) is 7.03. The quantitative estimate of drug-likeness (QED) is 0.589. The first-order chi connectivity index (χ1) is 9.83. The largest absolute Gasteiger partial charge is 0.0795 e. The molecule has 0 saturated heterocycles. The minimum absolute atomic E-state index is 0.977. The molecule has 0 unspecified atom stereocenters. The summed E-state index contributed by atoms with van der Waals surface area (Å²) in [5, 5.41) is 2.61. The Morgan fingerprint density at radius 1 is 0.850 bits per heavy atom. The van der Waals surface area contributed by atoms with Crippen LogP contribution in [0.25, 0.3) is 16.8 Å². The van der Waals surface area contributed by atoms with Crippen molar-refractivity contribution in [3.63, 3.8) is 0 Å². The lowest BCUT2D eigenvalue weighted by Gasteiger charge is -2.02. The molecule has 0 saturated carbocycles. The summed E-state index contributed by atoms with van der Waals surface area (Å²) in [6, 6.07) is 23.7. The highest BCUT2D eigenvalue weighted by Crippen LogP contribution is 2.19. The Hall–Kier alpha value is -2.34. The molecule has 0 amide bonds. The molecule has 20 heavy (non-hydrogen) atoms. The molecule has 3 aromatic carbocycles. The van der Waals surface area contributed by atoms with Crippen LogP contribution in [-0.4, -0.2) is 0 Å². The zero-order chi connectivity index (χ0) is 13.8. The number of fused-ring (bicyclic) bond motifs is 1. The molecule has 3 aromatic rings. The van der Waals surface area contributed by atoms with Gasteiger partial charge in [-0.05, 0) is 35.2 Å².